The number of hydrogen-bond acceptors (Lipinski definition) is 2. The standard InChI is InChI=1S/C14H22N2.ClH/c1-12(13-6-4-3-5-7-13)16-9-8-14(2,10-15)11-16;/h3-7,12H,8-11,15H2,1-2H3;1H. The summed E-state index contributed by atoms with van der Waals surface area (Å²) < 4.78 is 0. The summed E-state index contributed by atoms with van der Waals surface area (Å²) >= 11 is 0. The summed E-state index contributed by atoms with van der Waals surface area (Å²) in [4.78, 5) is 2.54. The Balaban J connectivity index is 0.00000144. The molecule has 0 amide bonds. The molecule has 96 valence electrons. The molecule has 0 radical (unpaired) electrons. The van der Waals surface area contributed by atoms with E-state index in [9.17, 15) is 0 Å². The minimum atomic E-state index is 0. The Morgan fingerprint density at radius 2 is 2.00 bits per heavy atom. The zero-order valence-corrected chi connectivity index (χ0v) is 11.5. The first kappa shape index (κ1) is 14.5. The maximum atomic E-state index is 5.84. The minimum Gasteiger partial charge on any atom is -0.330 e. The molecular formula is C14H23ClN2. The first-order valence-electron chi connectivity index (χ1n) is 6.14. The van der Waals surface area contributed by atoms with Gasteiger partial charge in [-0.3, -0.25) is 4.90 Å². The number of hydrogen-bond donors (Lipinski definition) is 1. The molecule has 1 aromatic rings. The number of benzene rings is 1. The smallest absolute Gasteiger partial charge is 0.0320 e. The van der Waals surface area contributed by atoms with Gasteiger partial charge in [-0.15, -0.1) is 12.4 Å². The van der Waals surface area contributed by atoms with E-state index in [1.54, 1.807) is 0 Å². The molecule has 0 aromatic heterocycles. The first-order chi connectivity index (χ1) is 7.64. The summed E-state index contributed by atoms with van der Waals surface area (Å²) in [5.74, 6) is 0. The molecule has 1 saturated heterocycles. The van der Waals surface area contributed by atoms with Crippen LogP contribution in [0.1, 0.15) is 31.9 Å². The van der Waals surface area contributed by atoms with Crippen molar-refractivity contribution in [2.24, 2.45) is 11.1 Å². The molecule has 2 rings (SSSR count). The molecule has 2 atom stereocenters. The maximum Gasteiger partial charge on any atom is 0.0320 e. The van der Waals surface area contributed by atoms with Crippen molar-refractivity contribution in [2.45, 2.75) is 26.3 Å². The zero-order chi connectivity index (χ0) is 11.6. The molecule has 0 bridgehead atoms. The molecule has 2 nitrogen and oxygen atoms in total. The van der Waals surface area contributed by atoms with Crippen molar-refractivity contribution in [2.75, 3.05) is 19.6 Å². The van der Waals surface area contributed by atoms with Crippen LogP contribution in [0.3, 0.4) is 0 Å². The van der Waals surface area contributed by atoms with Crippen LogP contribution in [0.2, 0.25) is 0 Å². The van der Waals surface area contributed by atoms with Gasteiger partial charge in [0.15, 0.2) is 0 Å². The lowest BCUT2D eigenvalue weighted by atomic mass is 9.90. The molecule has 17 heavy (non-hydrogen) atoms. The first-order valence-corrected chi connectivity index (χ1v) is 6.14. The fraction of sp³-hybridized carbons (Fsp3) is 0.571. The van der Waals surface area contributed by atoms with Gasteiger partial charge in [-0.2, -0.15) is 0 Å². The highest BCUT2D eigenvalue weighted by atomic mass is 35.5. The lowest BCUT2D eigenvalue weighted by Gasteiger charge is -2.27. The van der Waals surface area contributed by atoms with E-state index in [1.807, 2.05) is 0 Å². The predicted octanol–water partition coefficient (Wildman–Crippen LogP) is 2.84. The van der Waals surface area contributed by atoms with Gasteiger partial charge in [0, 0.05) is 12.6 Å². The maximum absolute atomic E-state index is 5.84. The van der Waals surface area contributed by atoms with Crippen LogP contribution >= 0.6 is 12.4 Å². The van der Waals surface area contributed by atoms with Crippen molar-refractivity contribution in [3.05, 3.63) is 35.9 Å². The Morgan fingerprint density at radius 3 is 2.53 bits per heavy atom. The van der Waals surface area contributed by atoms with Gasteiger partial charge < -0.3 is 5.73 Å². The number of likely N-dealkylation sites (tertiary alicyclic amines) is 1. The predicted molar refractivity (Wildman–Crippen MR) is 75.5 cm³/mol. The van der Waals surface area contributed by atoms with E-state index in [2.05, 4.69) is 49.1 Å². The van der Waals surface area contributed by atoms with Gasteiger partial charge in [-0.05, 0) is 37.4 Å². The second-order valence-electron chi connectivity index (χ2n) is 5.32. The van der Waals surface area contributed by atoms with E-state index < -0.39 is 0 Å². The number of nitrogens with zero attached hydrogens (tertiary/aromatic N) is 1. The van der Waals surface area contributed by atoms with Crippen molar-refractivity contribution >= 4 is 12.4 Å². The minimum absolute atomic E-state index is 0. The highest BCUT2D eigenvalue weighted by Gasteiger charge is 2.34. The van der Waals surface area contributed by atoms with Crippen LogP contribution < -0.4 is 5.73 Å². The van der Waals surface area contributed by atoms with Crippen molar-refractivity contribution in [1.29, 1.82) is 0 Å². The Hall–Kier alpha value is -0.570. The molecule has 1 aromatic carbocycles. The number of halogens is 1. The normalized spacial score (nSPS) is 26.5. The Morgan fingerprint density at radius 1 is 1.35 bits per heavy atom. The lowest BCUT2D eigenvalue weighted by molar-refractivity contribution is 0.227. The molecule has 0 saturated carbocycles. The average molecular weight is 255 g/mol. The largest absolute Gasteiger partial charge is 0.330 e. The molecule has 1 heterocycles. The van der Waals surface area contributed by atoms with Gasteiger partial charge in [-0.1, -0.05) is 37.3 Å². The second kappa shape index (κ2) is 5.85. The van der Waals surface area contributed by atoms with Crippen LogP contribution in [-0.4, -0.2) is 24.5 Å². The Labute approximate surface area is 111 Å². The van der Waals surface area contributed by atoms with Crippen LogP contribution in [0.15, 0.2) is 30.3 Å². The highest BCUT2D eigenvalue weighted by Crippen LogP contribution is 2.34. The molecule has 1 aliphatic rings. The fourth-order valence-corrected chi connectivity index (χ4v) is 2.50. The van der Waals surface area contributed by atoms with E-state index in [-0.39, 0.29) is 12.4 Å². The molecular weight excluding hydrogens is 232 g/mol. The van der Waals surface area contributed by atoms with Gasteiger partial charge in [0.25, 0.3) is 0 Å². The quantitative estimate of drug-likeness (QED) is 0.899. The van der Waals surface area contributed by atoms with Crippen molar-refractivity contribution < 1.29 is 0 Å². The van der Waals surface area contributed by atoms with Gasteiger partial charge in [0.2, 0.25) is 0 Å². The van der Waals surface area contributed by atoms with Crippen LogP contribution in [-0.2, 0) is 0 Å². The Kier molecular flexibility index (Phi) is 4.99. The summed E-state index contributed by atoms with van der Waals surface area (Å²) in [6.45, 7) is 7.68. The van der Waals surface area contributed by atoms with Crippen LogP contribution in [0.5, 0.6) is 0 Å². The van der Waals surface area contributed by atoms with Gasteiger partial charge >= 0.3 is 0 Å². The molecule has 1 fully saturated rings. The third kappa shape index (κ3) is 3.21. The third-order valence-corrected chi connectivity index (χ3v) is 3.91. The van der Waals surface area contributed by atoms with Crippen LogP contribution in [0.4, 0.5) is 0 Å². The van der Waals surface area contributed by atoms with E-state index in [0.717, 1.165) is 13.1 Å². The summed E-state index contributed by atoms with van der Waals surface area (Å²) in [6.07, 6.45) is 1.22. The van der Waals surface area contributed by atoms with E-state index in [4.69, 9.17) is 5.73 Å². The van der Waals surface area contributed by atoms with Crippen LogP contribution in [0.25, 0.3) is 0 Å². The van der Waals surface area contributed by atoms with E-state index in [1.165, 1.54) is 18.5 Å². The molecule has 2 N–H and O–H groups in total. The molecule has 2 unspecified atom stereocenters. The summed E-state index contributed by atoms with van der Waals surface area (Å²) in [7, 11) is 0. The Bertz CT molecular complexity index is 341. The van der Waals surface area contributed by atoms with Gasteiger partial charge in [0.1, 0.15) is 0 Å². The highest BCUT2D eigenvalue weighted by molar-refractivity contribution is 5.85. The molecule has 1 aliphatic heterocycles. The summed E-state index contributed by atoms with van der Waals surface area (Å²) in [6, 6.07) is 11.2. The second-order valence-corrected chi connectivity index (χ2v) is 5.32. The molecule has 0 aliphatic carbocycles. The van der Waals surface area contributed by atoms with E-state index >= 15 is 0 Å². The van der Waals surface area contributed by atoms with Crippen LogP contribution in [0, 0.1) is 5.41 Å². The van der Waals surface area contributed by atoms with Gasteiger partial charge in [-0.25, -0.2) is 0 Å². The van der Waals surface area contributed by atoms with Gasteiger partial charge in [0.05, 0.1) is 0 Å². The molecule has 0 spiro atoms. The third-order valence-electron chi connectivity index (χ3n) is 3.91. The van der Waals surface area contributed by atoms with Crippen molar-refractivity contribution in [3.8, 4) is 0 Å². The number of nitrogens with two attached hydrogens (primary N) is 1. The zero-order valence-electron chi connectivity index (χ0n) is 10.7. The van der Waals surface area contributed by atoms with Crippen molar-refractivity contribution in [1.82, 2.24) is 4.90 Å². The number of rotatable bonds is 3. The molecule has 3 heteroatoms. The summed E-state index contributed by atoms with van der Waals surface area (Å²) in [5, 5.41) is 0. The SMILES string of the molecule is CC(c1ccccc1)N1CCC(C)(CN)C1.Cl. The lowest BCUT2D eigenvalue weighted by Crippen LogP contribution is -2.32. The topological polar surface area (TPSA) is 29.3 Å². The fourth-order valence-electron chi connectivity index (χ4n) is 2.50. The summed E-state index contributed by atoms with van der Waals surface area (Å²) in [5.41, 5.74) is 7.57. The average Bonchev–Trinajstić information content (AvgIpc) is 2.73. The monoisotopic (exact) mass is 254 g/mol. The van der Waals surface area contributed by atoms with E-state index in [0.29, 0.717) is 11.5 Å². The van der Waals surface area contributed by atoms with Crippen molar-refractivity contribution in [3.63, 3.8) is 0 Å².